The molecule has 0 spiro atoms. The third-order valence-corrected chi connectivity index (χ3v) is 4.07. The van der Waals surface area contributed by atoms with E-state index in [0.29, 0.717) is 5.09 Å². The Morgan fingerprint density at radius 3 is 2.00 bits per heavy atom. The van der Waals surface area contributed by atoms with E-state index in [9.17, 15) is 4.79 Å². The minimum atomic E-state index is -0.309. The molecule has 0 saturated carbocycles. The van der Waals surface area contributed by atoms with Gasteiger partial charge in [0.2, 0.25) is 0 Å². The summed E-state index contributed by atoms with van der Waals surface area (Å²) >= 11 is 1.26. The summed E-state index contributed by atoms with van der Waals surface area (Å²) in [4.78, 5) is 10.7. The van der Waals surface area contributed by atoms with Crippen LogP contribution in [0.5, 0.6) is 0 Å². The third-order valence-electron chi connectivity index (χ3n) is 3.27. The average molecular weight is 406 g/mol. The Kier molecular flexibility index (Phi) is 15.0. The summed E-state index contributed by atoms with van der Waals surface area (Å²) < 4.78 is 5.99. The summed E-state index contributed by atoms with van der Waals surface area (Å²) in [6, 6.07) is 19.9. The van der Waals surface area contributed by atoms with Crippen LogP contribution in [0.4, 0.5) is 0 Å². The van der Waals surface area contributed by atoms with E-state index in [1.807, 2.05) is 80.8 Å². The van der Waals surface area contributed by atoms with E-state index in [2.05, 4.69) is 13.5 Å². The molecule has 0 saturated heterocycles. The molecule has 0 N–H and O–H groups in total. The fourth-order valence-corrected chi connectivity index (χ4v) is 2.69. The predicted octanol–water partition coefficient (Wildman–Crippen LogP) is 3.53. The normalized spacial score (nSPS) is 11.7. The molecule has 2 nitrogen and oxygen atoms in total. The van der Waals surface area contributed by atoms with E-state index in [4.69, 9.17) is 4.74 Å². The number of hydrogen-bond donors (Lipinski definition) is 0. The van der Waals surface area contributed by atoms with Crippen LogP contribution in [-0.4, -0.2) is 11.5 Å². The van der Waals surface area contributed by atoms with Gasteiger partial charge in [-0.1, -0.05) is 79.8 Å². The van der Waals surface area contributed by atoms with Crippen molar-refractivity contribution in [1.82, 2.24) is 0 Å². The van der Waals surface area contributed by atoms with Crippen LogP contribution in [0.1, 0.15) is 38.3 Å². The van der Waals surface area contributed by atoms with E-state index in [1.54, 1.807) is 6.92 Å². The second-order valence-electron chi connectivity index (χ2n) is 5.54. The zero-order valence-corrected chi connectivity index (χ0v) is 20.6. The monoisotopic (exact) mass is 405 g/mol. The van der Waals surface area contributed by atoms with Crippen molar-refractivity contribution in [1.29, 1.82) is 0 Å². The molecule has 1 unspecified atom stereocenters. The van der Waals surface area contributed by atoms with Gasteiger partial charge in [-0.2, -0.15) is 6.42 Å². The molecule has 2 rings (SSSR count). The molecule has 138 valence electrons. The van der Waals surface area contributed by atoms with Crippen LogP contribution < -0.4 is 51.4 Å². The van der Waals surface area contributed by atoms with Crippen molar-refractivity contribution < 1.29 is 60.9 Å². The van der Waals surface area contributed by atoms with Crippen molar-refractivity contribution in [3.8, 4) is 0 Å². The molecule has 0 aliphatic rings. The SMILES string of the molecule is C=C(O/C(=C(\C)c1ccccc1)c1ccccc1)SC(C)[C-]=O.[CH2-]CC.[K+]. The van der Waals surface area contributed by atoms with Crippen LogP contribution in [0.2, 0.25) is 0 Å². The largest absolute Gasteiger partial charge is 1.00 e. The number of hydrogen-bond acceptors (Lipinski definition) is 3. The van der Waals surface area contributed by atoms with E-state index in [-0.39, 0.29) is 56.6 Å². The van der Waals surface area contributed by atoms with Gasteiger partial charge in [0.15, 0.2) is 5.09 Å². The van der Waals surface area contributed by atoms with Gasteiger partial charge in [-0.05, 0) is 24.6 Å². The van der Waals surface area contributed by atoms with Gasteiger partial charge in [-0.25, -0.2) is 0 Å². The molecule has 0 radical (unpaired) electrons. The molecule has 0 aliphatic heterocycles. The molecule has 27 heavy (non-hydrogen) atoms. The second-order valence-corrected chi connectivity index (χ2v) is 6.94. The fraction of sp³-hybridized carbons (Fsp3) is 0.217. The van der Waals surface area contributed by atoms with E-state index in [0.717, 1.165) is 28.9 Å². The van der Waals surface area contributed by atoms with Gasteiger partial charge in [-0.3, -0.25) is 6.29 Å². The Hall–Kier alpha value is -0.624. The van der Waals surface area contributed by atoms with E-state index >= 15 is 0 Å². The van der Waals surface area contributed by atoms with Crippen LogP contribution in [0.15, 0.2) is 72.3 Å². The quantitative estimate of drug-likeness (QED) is 0.305. The van der Waals surface area contributed by atoms with Crippen LogP contribution in [0.3, 0.4) is 0 Å². The minimum Gasteiger partial charge on any atom is -0.541 e. The first kappa shape index (κ1) is 26.4. The number of carbonyl (C=O) groups excluding carboxylic acids is 1. The Bertz CT molecular complexity index is 712. The Labute approximate surface area is 210 Å². The first-order valence-electron chi connectivity index (χ1n) is 8.55. The number of allylic oxidation sites excluding steroid dienone is 1. The van der Waals surface area contributed by atoms with Crippen molar-refractivity contribution in [3.05, 3.63) is 90.4 Å². The molecule has 0 heterocycles. The van der Waals surface area contributed by atoms with E-state index < -0.39 is 0 Å². The van der Waals surface area contributed by atoms with Gasteiger partial charge < -0.3 is 16.5 Å². The second kappa shape index (κ2) is 15.3. The Balaban J connectivity index is 0.00000158. The average Bonchev–Trinajstić information content (AvgIpc) is 2.67. The maximum atomic E-state index is 10.7. The Morgan fingerprint density at radius 1 is 1.11 bits per heavy atom. The third kappa shape index (κ3) is 9.93. The number of ether oxygens (including phenoxy) is 1. The molecule has 2 aromatic carbocycles. The first-order chi connectivity index (χ1) is 12.5. The molecule has 2 aromatic rings. The topological polar surface area (TPSA) is 26.3 Å². The van der Waals surface area contributed by atoms with Gasteiger partial charge in [-0.15, -0.1) is 11.8 Å². The van der Waals surface area contributed by atoms with Gasteiger partial charge in [0.25, 0.3) is 0 Å². The summed E-state index contributed by atoms with van der Waals surface area (Å²) in [5.41, 5.74) is 3.07. The zero-order chi connectivity index (χ0) is 19.4. The van der Waals surface area contributed by atoms with Crippen molar-refractivity contribution >= 4 is 29.4 Å². The van der Waals surface area contributed by atoms with Crippen LogP contribution >= 0.6 is 11.8 Å². The first-order valence-corrected chi connectivity index (χ1v) is 9.43. The molecule has 0 aliphatic carbocycles. The summed E-state index contributed by atoms with van der Waals surface area (Å²) in [6.07, 6.45) is 2.93. The fourth-order valence-electron chi connectivity index (χ4n) is 2.12. The number of rotatable bonds is 7. The zero-order valence-electron chi connectivity index (χ0n) is 16.7. The maximum absolute atomic E-state index is 10.7. The molecule has 1 atom stereocenters. The molecule has 0 aromatic heterocycles. The van der Waals surface area contributed by atoms with Crippen molar-refractivity contribution in [2.24, 2.45) is 0 Å². The van der Waals surface area contributed by atoms with Crippen LogP contribution in [-0.2, 0) is 9.53 Å². The molecule has 0 fully saturated rings. The molecule has 4 heteroatoms. The summed E-state index contributed by atoms with van der Waals surface area (Å²) in [5, 5.41) is 0.173. The summed E-state index contributed by atoms with van der Waals surface area (Å²) in [6.45, 7) is 13.2. The molecular formula is C23H26KO2S-. The molecule has 0 bridgehead atoms. The van der Waals surface area contributed by atoms with Crippen molar-refractivity contribution in [3.63, 3.8) is 0 Å². The van der Waals surface area contributed by atoms with Crippen molar-refractivity contribution in [2.75, 3.05) is 0 Å². The maximum Gasteiger partial charge on any atom is 1.00 e. The van der Waals surface area contributed by atoms with E-state index in [1.165, 1.54) is 11.8 Å². The number of benzene rings is 2. The van der Waals surface area contributed by atoms with Gasteiger partial charge in [0.05, 0.1) is 0 Å². The van der Waals surface area contributed by atoms with Crippen LogP contribution in [0.25, 0.3) is 11.3 Å². The molecular weight excluding hydrogens is 379 g/mol. The van der Waals surface area contributed by atoms with Crippen molar-refractivity contribution in [2.45, 2.75) is 32.4 Å². The van der Waals surface area contributed by atoms with Gasteiger partial charge in [0, 0.05) is 5.56 Å². The Morgan fingerprint density at radius 2 is 1.56 bits per heavy atom. The molecule has 0 amide bonds. The van der Waals surface area contributed by atoms with Crippen LogP contribution in [0, 0.1) is 6.92 Å². The summed E-state index contributed by atoms with van der Waals surface area (Å²) in [7, 11) is 0. The standard InChI is InChI=1S/C20H19O2S.C3H7.K/c1-15(14-21)23-17(3)22-20(19-12-8-5-9-13-19)16(2)18-10-6-4-7-11-18;1-3-2;/h4-13,15H,3H2,1-2H3;1,3H2,2H3;/q2*-1;+1/b20-16+;;. The summed E-state index contributed by atoms with van der Waals surface area (Å²) in [5.74, 6) is 0.743. The van der Waals surface area contributed by atoms with Gasteiger partial charge in [0.1, 0.15) is 5.76 Å². The smallest absolute Gasteiger partial charge is 0.541 e. The number of thioether (sulfide) groups is 1. The van der Waals surface area contributed by atoms with Gasteiger partial charge >= 0.3 is 51.4 Å². The minimum absolute atomic E-state index is 0. The predicted molar refractivity (Wildman–Crippen MR) is 114 cm³/mol.